The second kappa shape index (κ2) is 5.34. The van der Waals surface area contributed by atoms with Crippen molar-refractivity contribution in [1.82, 2.24) is 0 Å². The van der Waals surface area contributed by atoms with E-state index >= 15 is 0 Å². The Bertz CT molecular complexity index is 908. The molecule has 23 heavy (non-hydrogen) atoms. The smallest absolute Gasteiger partial charge is 0.335 e. The molecule has 120 valence electrons. The molecule has 1 aliphatic rings. The Hall–Kier alpha value is -2.41. The highest BCUT2D eigenvalue weighted by Gasteiger charge is 2.32. The number of hydrogen-bond acceptors (Lipinski definition) is 3. The first-order valence-electron chi connectivity index (χ1n) is 6.96. The molecule has 0 unspecified atom stereocenters. The van der Waals surface area contributed by atoms with E-state index in [-0.39, 0.29) is 17.0 Å². The molecule has 0 fully saturated rings. The van der Waals surface area contributed by atoms with Crippen LogP contribution in [0.3, 0.4) is 0 Å². The van der Waals surface area contributed by atoms with Gasteiger partial charge in [0.05, 0.1) is 16.1 Å². The van der Waals surface area contributed by atoms with Crippen molar-refractivity contribution in [1.29, 1.82) is 0 Å². The summed E-state index contributed by atoms with van der Waals surface area (Å²) in [6, 6.07) is 7.98. The molecule has 0 bridgehead atoms. The second-order valence-electron chi connectivity index (χ2n) is 5.39. The first-order valence-corrected chi connectivity index (χ1v) is 8.40. The van der Waals surface area contributed by atoms with Gasteiger partial charge in [-0.3, -0.25) is 4.31 Å². The van der Waals surface area contributed by atoms with Crippen LogP contribution in [0.25, 0.3) is 0 Å². The van der Waals surface area contributed by atoms with Crippen LogP contribution in [0.15, 0.2) is 41.3 Å². The monoisotopic (exact) mass is 335 g/mol. The molecule has 0 saturated carbocycles. The van der Waals surface area contributed by atoms with Gasteiger partial charge in [-0.2, -0.15) is 0 Å². The van der Waals surface area contributed by atoms with Crippen LogP contribution in [-0.2, 0) is 16.4 Å². The molecule has 0 amide bonds. The van der Waals surface area contributed by atoms with E-state index in [0.29, 0.717) is 23.2 Å². The Labute approximate surface area is 133 Å². The van der Waals surface area contributed by atoms with E-state index in [0.717, 1.165) is 6.07 Å². The topological polar surface area (TPSA) is 74.7 Å². The van der Waals surface area contributed by atoms with E-state index < -0.39 is 21.8 Å². The SMILES string of the molecule is Cc1ccc(F)cc1S(=O)(=O)N1CCc2cc(C(=O)O)ccc21. The summed E-state index contributed by atoms with van der Waals surface area (Å²) in [7, 11) is -3.89. The molecule has 3 rings (SSSR count). The van der Waals surface area contributed by atoms with Gasteiger partial charge in [0, 0.05) is 6.54 Å². The van der Waals surface area contributed by atoms with Crippen molar-refractivity contribution in [2.24, 2.45) is 0 Å². The number of rotatable bonds is 3. The van der Waals surface area contributed by atoms with Crippen molar-refractivity contribution in [2.45, 2.75) is 18.2 Å². The van der Waals surface area contributed by atoms with Crippen LogP contribution in [0.5, 0.6) is 0 Å². The Kier molecular flexibility index (Phi) is 3.60. The molecule has 0 spiro atoms. The van der Waals surface area contributed by atoms with Crippen molar-refractivity contribution >= 4 is 21.7 Å². The minimum absolute atomic E-state index is 0.0762. The summed E-state index contributed by atoms with van der Waals surface area (Å²) >= 11 is 0. The largest absolute Gasteiger partial charge is 0.478 e. The molecular formula is C16H14FNO4S. The minimum Gasteiger partial charge on any atom is -0.478 e. The van der Waals surface area contributed by atoms with Gasteiger partial charge in [-0.25, -0.2) is 17.6 Å². The van der Waals surface area contributed by atoms with Gasteiger partial charge in [-0.05, 0) is 54.8 Å². The summed E-state index contributed by atoms with van der Waals surface area (Å²) < 4.78 is 40.3. The summed E-state index contributed by atoms with van der Waals surface area (Å²) in [5.74, 6) is -1.68. The lowest BCUT2D eigenvalue weighted by molar-refractivity contribution is 0.0697. The molecule has 0 aliphatic carbocycles. The van der Waals surface area contributed by atoms with Gasteiger partial charge in [-0.1, -0.05) is 6.07 Å². The lowest BCUT2D eigenvalue weighted by atomic mass is 10.1. The van der Waals surface area contributed by atoms with Crippen LogP contribution in [0.2, 0.25) is 0 Å². The van der Waals surface area contributed by atoms with E-state index in [2.05, 4.69) is 0 Å². The average Bonchev–Trinajstić information content (AvgIpc) is 2.93. The molecule has 0 saturated heterocycles. The maximum atomic E-state index is 13.5. The molecule has 1 N–H and O–H groups in total. The number of hydrogen-bond donors (Lipinski definition) is 1. The van der Waals surface area contributed by atoms with Crippen LogP contribution in [0, 0.1) is 12.7 Å². The number of carbonyl (C=O) groups is 1. The number of aromatic carboxylic acids is 1. The number of anilines is 1. The van der Waals surface area contributed by atoms with Gasteiger partial charge < -0.3 is 5.11 Å². The number of aryl methyl sites for hydroxylation is 1. The molecular weight excluding hydrogens is 321 g/mol. The Morgan fingerprint density at radius 2 is 1.96 bits per heavy atom. The van der Waals surface area contributed by atoms with Crippen molar-refractivity contribution in [3.8, 4) is 0 Å². The number of fused-ring (bicyclic) bond motifs is 1. The maximum absolute atomic E-state index is 13.5. The van der Waals surface area contributed by atoms with Gasteiger partial charge in [0.2, 0.25) is 0 Å². The normalized spacial score (nSPS) is 13.9. The zero-order chi connectivity index (χ0) is 16.8. The van der Waals surface area contributed by atoms with Gasteiger partial charge in [0.25, 0.3) is 10.0 Å². The standard InChI is InChI=1S/C16H14FNO4S/c1-10-2-4-13(17)9-15(10)23(21,22)18-7-6-11-8-12(16(19)20)3-5-14(11)18/h2-5,8-9H,6-7H2,1H3,(H,19,20). The summed E-state index contributed by atoms with van der Waals surface area (Å²) in [4.78, 5) is 10.9. The summed E-state index contributed by atoms with van der Waals surface area (Å²) in [6.07, 6.45) is 0.421. The summed E-state index contributed by atoms with van der Waals surface area (Å²) in [5.41, 5.74) is 1.67. The summed E-state index contributed by atoms with van der Waals surface area (Å²) in [5, 5.41) is 9.01. The lowest BCUT2D eigenvalue weighted by Gasteiger charge is -2.21. The fourth-order valence-corrected chi connectivity index (χ4v) is 4.47. The van der Waals surface area contributed by atoms with E-state index in [1.54, 1.807) is 6.92 Å². The third kappa shape index (κ3) is 2.57. The lowest BCUT2D eigenvalue weighted by Crippen LogP contribution is -2.29. The van der Waals surface area contributed by atoms with E-state index in [4.69, 9.17) is 5.11 Å². The molecule has 2 aromatic rings. The number of carboxylic acids is 1. The number of nitrogens with zero attached hydrogens (tertiary/aromatic N) is 1. The number of sulfonamides is 1. The predicted molar refractivity (Wildman–Crippen MR) is 82.8 cm³/mol. The molecule has 0 aromatic heterocycles. The van der Waals surface area contributed by atoms with E-state index in [1.807, 2.05) is 0 Å². The van der Waals surface area contributed by atoms with E-state index in [1.165, 1.54) is 34.6 Å². The highest BCUT2D eigenvalue weighted by molar-refractivity contribution is 7.93. The molecule has 7 heteroatoms. The van der Waals surface area contributed by atoms with Gasteiger partial charge in [-0.15, -0.1) is 0 Å². The Balaban J connectivity index is 2.08. The third-order valence-corrected chi connectivity index (χ3v) is 5.85. The fourth-order valence-electron chi connectivity index (χ4n) is 2.72. The quantitative estimate of drug-likeness (QED) is 0.935. The molecule has 1 heterocycles. The Morgan fingerprint density at radius 1 is 1.22 bits per heavy atom. The van der Waals surface area contributed by atoms with Crippen LogP contribution < -0.4 is 4.31 Å². The Morgan fingerprint density at radius 3 is 2.65 bits per heavy atom. The van der Waals surface area contributed by atoms with Gasteiger partial charge in [0.1, 0.15) is 5.82 Å². The second-order valence-corrected chi connectivity index (χ2v) is 7.22. The molecule has 0 radical (unpaired) electrons. The minimum atomic E-state index is -3.89. The highest BCUT2D eigenvalue weighted by atomic mass is 32.2. The van der Waals surface area contributed by atoms with Crippen molar-refractivity contribution in [3.05, 3.63) is 58.9 Å². The zero-order valence-corrected chi connectivity index (χ0v) is 13.1. The van der Waals surface area contributed by atoms with Crippen LogP contribution in [-0.4, -0.2) is 26.0 Å². The first kappa shape index (κ1) is 15.5. The predicted octanol–water partition coefficient (Wildman–Crippen LogP) is 2.58. The number of halogens is 1. The average molecular weight is 335 g/mol. The van der Waals surface area contributed by atoms with Crippen LogP contribution >= 0.6 is 0 Å². The fraction of sp³-hybridized carbons (Fsp3) is 0.188. The van der Waals surface area contributed by atoms with Crippen molar-refractivity contribution in [3.63, 3.8) is 0 Å². The molecule has 0 atom stereocenters. The van der Waals surface area contributed by atoms with Gasteiger partial charge in [0.15, 0.2) is 0 Å². The maximum Gasteiger partial charge on any atom is 0.335 e. The summed E-state index contributed by atoms with van der Waals surface area (Å²) in [6.45, 7) is 1.81. The van der Waals surface area contributed by atoms with E-state index in [9.17, 15) is 17.6 Å². The molecule has 1 aliphatic heterocycles. The van der Waals surface area contributed by atoms with Crippen molar-refractivity contribution in [2.75, 3.05) is 10.8 Å². The molecule has 2 aromatic carbocycles. The van der Waals surface area contributed by atoms with Crippen LogP contribution in [0.4, 0.5) is 10.1 Å². The van der Waals surface area contributed by atoms with Crippen molar-refractivity contribution < 1.29 is 22.7 Å². The molecule has 5 nitrogen and oxygen atoms in total. The number of benzene rings is 2. The number of carboxylic acid groups (broad SMARTS) is 1. The first-order chi connectivity index (χ1) is 10.8. The van der Waals surface area contributed by atoms with Gasteiger partial charge >= 0.3 is 5.97 Å². The zero-order valence-electron chi connectivity index (χ0n) is 12.3. The van der Waals surface area contributed by atoms with Crippen LogP contribution in [0.1, 0.15) is 21.5 Å². The highest BCUT2D eigenvalue weighted by Crippen LogP contribution is 2.34. The third-order valence-electron chi connectivity index (χ3n) is 3.90.